The fourth-order valence-electron chi connectivity index (χ4n) is 3.17. The summed E-state index contributed by atoms with van der Waals surface area (Å²) in [6.45, 7) is 0. The van der Waals surface area contributed by atoms with Crippen molar-refractivity contribution < 1.29 is 14.3 Å². The highest BCUT2D eigenvalue weighted by Gasteiger charge is 2.18. The number of nitrogens with zero attached hydrogens (tertiary/aromatic N) is 3. The van der Waals surface area contributed by atoms with E-state index < -0.39 is 0 Å². The van der Waals surface area contributed by atoms with Crippen LogP contribution in [0.25, 0.3) is 5.76 Å². The number of carbonyl (C=O) groups excluding carboxylic acids is 1. The first kappa shape index (κ1) is 19.3. The Hall–Kier alpha value is -4.00. The summed E-state index contributed by atoms with van der Waals surface area (Å²) in [4.78, 5) is 20.8. The molecule has 150 valence electrons. The fraction of sp³-hybridized carbons (Fsp3) is 0.130. The van der Waals surface area contributed by atoms with E-state index >= 15 is 0 Å². The van der Waals surface area contributed by atoms with Gasteiger partial charge in [-0.1, -0.05) is 30.3 Å². The second-order valence-electron chi connectivity index (χ2n) is 6.78. The maximum Gasteiger partial charge on any atom is 0.215 e. The van der Waals surface area contributed by atoms with Crippen LogP contribution in [0.3, 0.4) is 0 Å². The van der Waals surface area contributed by atoms with E-state index in [1.54, 1.807) is 18.5 Å². The van der Waals surface area contributed by atoms with Crippen molar-refractivity contribution in [1.29, 1.82) is 0 Å². The quantitative estimate of drug-likeness (QED) is 0.264. The highest BCUT2D eigenvalue weighted by Crippen LogP contribution is 2.22. The monoisotopic (exact) mass is 400 g/mol. The van der Waals surface area contributed by atoms with Crippen LogP contribution >= 0.6 is 0 Å². The van der Waals surface area contributed by atoms with Gasteiger partial charge in [-0.05, 0) is 35.7 Å². The number of aromatic nitrogens is 4. The summed E-state index contributed by atoms with van der Waals surface area (Å²) in [5.74, 6) is 0.678. The third-order valence-electron chi connectivity index (χ3n) is 4.65. The fourth-order valence-corrected chi connectivity index (χ4v) is 3.17. The summed E-state index contributed by atoms with van der Waals surface area (Å²) in [5, 5.41) is 16.4. The molecular weight excluding hydrogens is 380 g/mol. The molecule has 4 rings (SSSR count). The van der Waals surface area contributed by atoms with Gasteiger partial charge in [-0.2, -0.15) is 5.10 Å². The second-order valence-corrected chi connectivity index (χ2v) is 6.78. The van der Waals surface area contributed by atoms with Crippen molar-refractivity contribution in [1.82, 2.24) is 20.2 Å². The van der Waals surface area contributed by atoms with Crippen molar-refractivity contribution in [2.24, 2.45) is 0 Å². The smallest absolute Gasteiger partial charge is 0.215 e. The molecule has 7 nitrogen and oxygen atoms in total. The number of hydrogen-bond acceptors (Lipinski definition) is 6. The Balaban J connectivity index is 1.60. The van der Waals surface area contributed by atoms with E-state index in [1.807, 2.05) is 42.5 Å². The molecule has 1 aromatic carbocycles. The molecule has 0 spiro atoms. The van der Waals surface area contributed by atoms with E-state index in [0.29, 0.717) is 29.9 Å². The predicted molar refractivity (Wildman–Crippen MR) is 111 cm³/mol. The lowest BCUT2D eigenvalue weighted by molar-refractivity contribution is 0.104. The molecule has 0 aliphatic carbocycles. The van der Waals surface area contributed by atoms with Crippen LogP contribution in [0, 0.1) is 0 Å². The maximum absolute atomic E-state index is 12.9. The van der Waals surface area contributed by atoms with Gasteiger partial charge in [-0.15, -0.1) is 0 Å². The molecule has 7 heteroatoms. The number of aliphatic hydroxyl groups is 1. The number of aryl methyl sites for hydroxylation is 2. The van der Waals surface area contributed by atoms with Crippen molar-refractivity contribution in [3.8, 4) is 0 Å². The van der Waals surface area contributed by atoms with Crippen LogP contribution in [-0.4, -0.2) is 31.1 Å². The third-order valence-corrected chi connectivity index (χ3v) is 4.65. The van der Waals surface area contributed by atoms with Gasteiger partial charge in [0.1, 0.15) is 17.8 Å². The van der Waals surface area contributed by atoms with Gasteiger partial charge in [0.2, 0.25) is 5.82 Å². The molecule has 3 heterocycles. The number of pyridine rings is 1. The van der Waals surface area contributed by atoms with E-state index in [0.717, 1.165) is 23.6 Å². The minimum absolute atomic E-state index is 0.0645. The lowest BCUT2D eigenvalue weighted by Crippen LogP contribution is -2.01. The largest absolute Gasteiger partial charge is 0.504 e. The lowest BCUT2D eigenvalue weighted by Gasteiger charge is -2.02. The molecule has 0 bridgehead atoms. The topological polar surface area (TPSA) is 105 Å². The number of rotatable bonds is 8. The van der Waals surface area contributed by atoms with Crippen LogP contribution in [0.2, 0.25) is 0 Å². The van der Waals surface area contributed by atoms with E-state index in [2.05, 4.69) is 20.2 Å². The average molecular weight is 400 g/mol. The minimum atomic E-state index is -0.356. The van der Waals surface area contributed by atoms with Crippen molar-refractivity contribution in [3.05, 3.63) is 107 Å². The zero-order valence-corrected chi connectivity index (χ0v) is 16.2. The zero-order chi connectivity index (χ0) is 20.8. The van der Waals surface area contributed by atoms with Gasteiger partial charge in [0, 0.05) is 31.3 Å². The third kappa shape index (κ3) is 4.70. The minimum Gasteiger partial charge on any atom is -0.504 e. The predicted octanol–water partition coefficient (Wildman–Crippen LogP) is 3.95. The van der Waals surface area contributed by atoms with Crippen molar-refractivity contribution in [3.63, 3.8) is 0 Å². The molecule has 0 fully saturated rings. The van der Waals surface area contributed by atoms with Crippen LogP contribution in [0.4, 0.5) is 0 Å². The first-order chi connectivity index (χ1) is 14.7. The Labute approximate surface area is 173 Å². The van der Waals surface area contributed by atoms with Gasteiger partial charge in [-0.25, -0.2) is 4.98 Å². The molecule has 3 aromatic heterocycles. The average Bonchev–Trinajstić information content (AvgIpc) is 3.44. The normalized spacial score (nSPS) is 11.5. The molecule has 0 radical (unpaired) electrons. The Kier molecular flexibility index (Phi) is 5.80. The van der Waals surface area contributed by atoms with Gasteiger partial charge < -0.3 is 9.52 Å². The van der Waals surface area contributed by atoms with Gasteiger partial charge in [0.05, 0.1) is 5.56 Å². The molecule has 0 atom stereocenters. The molecule has 2 N–H and O–H groups in total. The van der Waals surface area contributed by atoms with Crippen LogP contribution in [0.5, 0.6) is 0 Å². The molecule has 0 aliphatic rings. The Bertz CT molecular complexity index is 1130. The van der Waals surface area contributed by atoms with Gasteiger partial charge in [0.25, 0.3) is 0 Å². The molecular formula is C23H20N4O3. The van der Waals surface area contributed by atoms with E-state index in [1.165, 1.54) is 6.33 Å². The summed E-state index contributed by atoms with van der Waals surface area (Å²) in [7, 11) is 0. The molecule has 0 aliphatic heterocycles. The molecule has 0 unspecified atom stereocenters. The van der Waals surface area contributed by atoms with Crippen LogP contribution < -0.4 is 0 Å². The summed E-state index contributed by atoms with van der Waals surface area (Å²) in [6.07, 6.45) is 7.74. The number of benzene rings is 1. The number of nitrogens with one attached hydrogen (secondary N) is 1. The number of allylic oxidation sites excluding steroid dienone is 1. The standard InChI is InChI=1S/C23H20N4O3/c28-20(14-21(29)23-25-15-26-27-23)19-13-18(12-17-8-10-24-11-9-17)30-22(19)7-6-16-4-2-1-3-5-16/h1-5,8-11,13-15,29H,6-7,12H2,(H,25,26,27). The number of carbonyl (C=O) groups is 1. The Morgan fingerprint density at radius 2 is 1.87 bits per heavy atom. The van der Waals surface area contributed by atoms with Gasteiger partial charge in [0.15, 0.2) is 11.5 Å². The zero-order valence-electron chi connectivity index (χ0n) is 16.2. The summed E-state index contributed by atoms with van der Waals surface area (Å²) in [5.41, 5.74) is 2.62. The number of aromatic amines is 1. The summed E-state index contributed by atoms with van der Waals surface area (Å²) < 4.78 is 6.04. The van der Waals surface area contributed by atoms with E-state index in [-0.39, 0.29) is 17.4 Å². The maximum atomic E-state index is 12.9. The number of H-pyrrole nitrogens is 1. The summed E-state index contributed by atoms with van der Waals surface area (Å²) >= 11 is 0. The van der Waals surface area contributed by atoms with Gasteiger partial charge in [-0.3, -0.25) is 14.9 Å². The first-order valence-electron chi connectivity index (χ1n) is 9.54. The number of furan rings is 1. The highest BCUT2D eigenvalue weighted by molar-refractivity contribution is 6.08. The highest BCUT2D eigenvalue weighted by atomic mass is 16.3. The van der Waals surface area contributed by atoms with Crippen LogP contribution in [0.1, 0.15) is 38.8 Å². The molecule has 30 heavy (non-hydrogen) atoms. The SMILES string of the molecule is O=C(C=C(O)c1nc[nH]n1)c1cc(Cc2ccncc2)oc1CCc1ccccc1. The van der Waals surface area contributed by atoms with Crippen molar-refractivity contribution >= 4 is 11.5 Å². The van der Waals surface area contributed by atoms with Crippen LogP contribution in [-0.2, 0) is 19.3 Å². The van der Waals surface area contributed by atoms with Crippen molar-refractivity contribution in [2.45, 2.75) is 19.3 Å². The second kappa shape index (κ2) is 9.00. The number of hydrogen-bond donors (Lipinski definition) is 2. The number of ketones is 1. The van der Waals surface area contributed by atoms with E-state index in [4.69, 9.17) is 4.42 Å². The first-order valence-corrected chi connectivity index (χ1v) is 9.54. The molecule has 0 amide bonds. The van der Waals surface area contributed by atoms with Crippen LogP contribution in [0.15, 0.2) is 77.7 Å². The Morgan fingerprint density at radius 1 is 1.07 bits per heavy atom. The molecule has 0 saturated carbocycles. The van der Waals surface area contributed by atoms with E-state index in [9.17, 15) is 9.90 Å². The summed E-state index contributed by atoms with van der Waals surface area (Å²) in [6, 6.07) is 15.6. The number of aliphatic hydroxyl groups excluding tert-OH is 1. The molecule has 4 aromatic rings. The van der Waals surface area contributed by atoms with Crippen molar-refractivity contribution in [2.75, 3.05) is 0 Å². The Morgan fingerprint density at radius 3 is 2.60 bits per heavy atom. The van der Waals surface area contributed by atoms with Gasteiger partial charge >= 0.3 is 0 Å². The molecule has 0 saturated heterocycles. The lowest BCUT2D eigenvalue weighted by atomic mass is 10.0.